The molecule has 0 saturated heterocycles. The van der Waals surface area contributed by atoms with E-state index in [4.69, 9.17) is 4.74 Å². The summed E-state index contributed by atoms with van der Waals surface area (Å²) in [6.07, 6.45) is -4.56. The van der Waals surface area contributed by atoms with Gasteiger partial charge in [-0.3, -0.25) is 4.79 Å². The van der Waals surface area contributed by atoms with Gasteiger partial charge in [0.2, 0.25) is 0 Å². The minimum atomic E-state index is -4.56. The van der Waals surface area contributed by atoms with Crippen LogP contribution < -0.4 is 10.1 Å². The van der Waals surface area contributed by atoms with Crippen molar-refractivity contribution in [3.63, 3.8) is 0 Å². The lowest BCUT2D eigenvalue weighted by atomic mass is 10.1. The molecule has 3 nitrogen and oxygen atoms in total. The second-order valence-corrected chi connectivity index (χ2v) is 7.19. The Hall–Kier alpha value is -2.55. The van der Waals surface area contributed by atoms with Crippen molar-refractivity contribution in [3.05, 3.63) is 93.1 Å². The Balaban J connectivity index is 1.69. The zero-order valence-corrected chi connectivity index (χ0v) is 16.6. The number of carbonyl (C=O) groups is 1. The summed E-state index contributed by atoms with van der Waals surface area (Å²) in [4.78, 5) is 12.3. The summed E-state index contributed by atoms with van der Waals surface area (Å²) >= 11 is 1.80. The van der Waals surface area contributed by atoms with E-state index in [-0.39, 0.29) is 11.3 Å². The Kier molecular flexibility index (Phi) is 6.23. The number of nitrogens with one attached hydrogen (secondary N) is 1. The van der Waals surface area contributed by atoms with Crippen molar-refractivity contribution in [3.8, 4) is 5.75 Å². The van der Waals surface area contributed by atoms with Gasteiger partial charge in [-0.1, -0.05) is 30.3 Å². The van der Waals surface area contributed by atoms with Gasteiger partial charge in [-0.15, -0.1) is 0 Å². The average Bonchev–Trinajstić information content (AvgIpc) is 2.68. The molecule has 0 unspecified atom stereocenters. The first-order chi connectivity index (χ1) is 13.3. The maximum absolute atomic E-state index is 13.2. The number of rotatable bonds is 5. The minimum Gasteiger partial charge on any atom is -0.489 e. The molecule has 0 saturated carbocycles. The van der Waals surface area contributed by atoms with E-state index in [1.54, 1.807) is 34.7 Å². The first kappa shape index (κ1) is 20.2. The smallest absolute Gasteiger partial charge is 0.418 e. The number of anilines is 1. The van der Waals surface area contributed by atoms with Crippen molar-refractivity contribution in [2.75, 3.05) is 5.32 Å². The average molecular weight is 497 g/mol. The molecule has 7 heteroatoms. The van der Waals surface area contributed by atoms with Crippen LogP contribution in [-0.4, -0.2) is 5.91 Å². The lowest BCUT2D eigenvalue weighted by Crippen LogP contribution is -2.16. The van der Waals surface area contributed by atoms with E-state index in [0.717, 1.165) is 11.6 Å². The molecule has 0 spiro atoms. The summed E-state index contributed by atoms with van der Waals surface area (Å²) in [5.74, 6) is -0.0630. The number of hydrogen-bond donors (Lipinski definition) is 1. The number of ether oxygens (including phenoxy) is 1. The molecule has 0 radical (unpaired) electrons. The number of benzene rings is 3. The van der Waals surface area contributed by atoms with Crippen LogP contribution in [0.4, 0.5) is 18.9 Å². The van der Waals surface area contributed by atoms with Gasteiger partial charge in [0, 0.05) is 9.13 Å². The molecule has 1 amide bonds. The second-order valence-electron chi connectivity index (χ2n) is 5.94. The van der Waals surface area contributed by atoms with E-state index < -0.39 is 17.6 Å². The van der Waals surface area contributed by atoms with Crippen molar-refractivity contribution >= 4 is 34.2 Å². The summed E-state index contributed by atoms with van der Waals surface area (Å²) in [6, 6.07) is 19.6. The molecule has 0 fully saturated rings. The van der Waals surface area contributed by atoms with Gasteiger partial charge >= 0.3 is 6.18 Å². The van der Waals surface area contributed by atoms with Crippen LogP contribution in [0, 0.1) is 3.57 Å². The number of alkyl halides is 3. The van der Waals surface area contributed by atoms with Crippen LogP contribution in [0.3, 0.4) is 0 Å². The number of carbonyl (C=O) groups excluding carboxylic acids is 1. The van der Waals surface area contributed by atoms with Gasteiger partial charge in [0.1, 0.15) is 12.4 Å². The first-order valence-corrected chi connectivity index (χ1v) is 9.36. The molecule has 28 heavy (non-hydrogen) atoms. The van der Waals surface area contributed by atoms with Crippen LogP contribution in [0.25, 0.3) is 0 Å². The number of amides is 1. The Morgan fingerprint density at radius 3 is 2.29 bits per heavy atom. The lowest BCUT2D eigenvalue weighted by molar-refractivity contribution is -0.137. The fraction of sp³-hybridized carbons (Fsp3) is 0.0952. The van der Waals surface area contributed by atoms with Crippen LogP contribution in [0.2, 0.25) is 0 Å². The molecule has 0 aliphatic carbocycles. The van der Waals surface area contributed by atoms with Crippen LogP contribution in [0.1, 0.15) is 21.5 Å². The molecule has 144 valence electrons. The third kappa shape index (κ3) is 5.25. The summed E-state index contributed by atoms with van der Waals surface area (Å²) < 4.78 is 45.6. The van der Waals surface area contributed by atoms with Crippen LogP contribution >= 0.6 is 22.6 Å². The van der Waals surface area contributed by atoms with Gasteiger partial charge < -0.3 is 10.1 Å². The van der Waals surface area contributed by atoms with E-state index in [1.807, 2.05) is 30.3 Å². The Morgan fingerprint density at radius 2 is 1.64 bits per heavy atom. The standard InChI is InChI=1S/C21H15F3INO2/c22-21(23,24)18-12-16(25)8-11-19(18)26-20(27)15-6-9-17(10-7-15)28-13-14-4-2-1-3-5-14/h1-12H,13H2,(H,26,27). The maximum atomic E-state index is 13.2. The van der Waals surface area contributed by atoms with Crippen LogP contribution in [0.5, 0.6) is 5.75 Å². The van der Waals surface area contributed by atoms with Gasteiger partial charge in [-0.2, -0.15) is 13.2 Å². The largest absolute Gasteiger partial charge is 0.489 e. The molecule has 0 heterocycles. The predicted octanol–water partition coefficient (Wildman–Crippen LogP) is 6.14. The molecule has 3 aromatic rings. The highest BCUT2D eigenvalue weighted by molar-refractivity contribution is 14.1. The highest BCUT2D eigenvalue weighted by Gasteiger charge is 2.34. The molecule has 0 aliphatic heterocycles. The maximum Gasteiger partial charge on any atom is 0.418 e. The van der Waals surface area contributed by atoms with Crippen molar-refractivity contribution in [1.82, 2.24) is 0 Å². The van der Waals surface area contributed by atoms with Crippen molar-refractivity contribution < 1.29 is 22.7 Å². The molecule has 1 N–H and O–H groups in total. The Morgan fingerprint density at radius 1 is 0.964 bits per heavy atom. The van der Waals surface area contributed by atoms with Gasteiger partial charge in [0.05, 0.1) is 11.3 Å². The fourth-order valence-electron chi connectivity index (χ4n) is 2.50. The molecule has 3 rings (SSSR count). The molecule has 3 aromatic carbocycles. The highest BCUT2D eigenvalue weighted by Crippen LogP contribution is 2.36. The molecule has 0 aliphatic rings. The summed E-state index contributed by atoms with van der Waals surface area (Å²) in [5, 5.41) is 2.33. The number of hydrogen-bond acceptors (Lipinski definition) is 2. The van der Waals surface area contributed by atoms with E-state index in [0.29, 0.717) is 15.9 Å². The molecule has 0 bridgehead atoms. The lowest BCUT2D eigenvalue weighted by Gasteiger charge is -2.14. The van der Waals surface area contributed by atoms with Gasteiger partial charge in [0.25, 0.3) is 5.91 Å². The molecular weight excluding hydrogens is 482 g/mol. The normalized spacial score (nSPS) is 11.1. The molecule has 0 atom stereocenters. The fourth-order valence-corrected chi connectivity index (χ4v) is 2.99. The quantitative estimate of drug-likeness (QED) is 0.430. The third-order valence-corrected chi connectivity index (χ3v) is 4.57. The van der Waals surface area contributed by atoms with Gasteiger partial charge in [-0.25, -0.2) is 0 Å². The zero-order chi connectivity index (χ0) is 20.1. The van der Waals surface area contributed by atoms with Crippen LogP contribution in [0.15, 0.2) is 72.8 Å². The van der Waals surface area contributed by atoms with Crippen molar-refractivity contribution in [2.45, 2.75) is 12.8 Å². The Labute approximate surface area is 173 Å². The van der Waals surface area contributed by atoms with E-state index in [1.165, 1.54) is 24.3 Å². The third-order valence-electron chi connectivity index (χ3n) is 3.90. The minimum absolute atomic E-state index is 0.235. The van der Waals surface area contributed by atoms with Crippen molar-refractivity contribution in [1.29, 1.82) is 0 Å². The van der Waals surface area contributed by atoms with Crippen molar-refractivity contribution in [2.24, 2.45) is 0 Å². The van der Waals surface area contributed by atoms with Gasteiger partial charge in [0.15, 0.2) is 0 Å². The van der Waals surface area contributed by atoms with Gasteiger partial charge in [-0.05, 0) is 70.6 Å². The topological polar surface area (TPSA) is 38.3 Å². The summed E-state index contributed by atoms with van der Waals surface area (Å²) in [7, 11) is 0. The van der Waals surface area contributed by atoms with E-state index in [9.17, 15) is 18.0 Å². The van der Waals surface area contributed by atoms with E-state index in [2.05, 4.69) is 5.32 Å². The number of halogens is 4. The molecule has 0 aromatic heterocycles. The van der Waals surface area contributed by atoms with Crippen LogP contribution in [-0.2, 0) is 12.8 Å². The predicted molar refractivity (Wildman–Crippen MR) is 109 cm³/mol. The SMILES string of the molecule is O=C(Nc1ccc(I)cc1C(F)(F)F)c1ccc(OCc2ccccc2)cc1. The Bertz CT molecular complexity index is 958. The summed E-state index contributed by atoms with van der Waals surface area (Å²) in [6.45, 7) is 0.379. The monoisotopic (exact) mass is 497 g/mol. The second kappa shape index (κ2) is 8.64. The summed E-state index contributed by atoms with van der Waals surface area (Å²) in [5.41, 5.74) is 0.0827. The molecular formula is C21H15F3INO2. The first-order valence-electron chi connectivity index (χ1n) is 8.28. The van der Waals surface area contributed by atoms with E-state index >= 15 is 0 Å². The highest BCUT2D eigenvalue weighted by atomic mass is 127. The zero-order valence-electron chi connectivity index (χ0n) is 14.5.